The first-order chi connectivity index (χ1) is 11.0. The number of hydrogen-bond acceptors (Lipinski definition) is 4. The lowest BCUT2D eigenvalue weighted by atomic mass is 10.3. The fraction of sp³-hybridized carbons (Fsp3) is 0.533. The second kappa shape index (κ2) is 7.77. The number of carbonyl (C=O) groups is 3. The van der Waals surface area contributed by atoms with Gasteiger partial charge in [0, 0.05) is 6.04 Å². The highest BCUT2D eigenvalue weighted by Gasteiger charge is 2.27. The number of carbonyl (C=O) groups excluding carboxylic acids is 3. The fourth-order valence-electron chi connectivity index (χ4n) is 2.46. The van der Waals surface area contributed by atoms with E-state index in [0.717, 1.165) is 4.90 Å². The number of furan rings is 1. The maximum atomic E-state index is 12.1. The number of urea groups is 1. The van der Waals surface area contributed by atoms with Crippen molar-refractivity contribution >= 4 is 17.8 Å². The lowest BCUT2D eigenvalue weighted by Crippen LogP contribution is -3.15. The highest BCUT2D eigenvalue weighted by molar-refractivity contribution is 5.94. The topological polar surface area (TPSA) is 96.1 Å². The summed E-state index contributed by atoms with van der Waals surface area (Å²) in [6.07, 6.45) is 1.47. The minimum absolute atomic E-state index is 0.0219. The van der Waals surface area contributed by atoms with Gasteiger partial charge >= 0.3 is 6.03 Å². The van der Waals surface area contributed by atoms with Crippen molar-refractivity contribution in [3.8, 4) is 0 Å². The predicted octanol–water partition coefficient (Wildman–Crippen LogP) is -1.15. The van der Waals surface area contributed by atoms with E-state index < -0.39 is 6.03 Å². The molecule has 1 aliphatic rings. The van der Waals surface area contributed by atoms with Gasteiger partial charge in [-0.25, -0.2) is 4.79 Å². The van der Waals surface area contributed by atoms with Crippen molar-refractivity contribution in [1.29, 1.82) is 0 Å². The molecule has 0 aliphatic carbocycles. The minimum atomic E-state index is -0.476. The maximum Gasteiger partial charge on any atom is 0.321 e. The standard InChI is InChI=1S/C15H22N4O4/c1-11(2)16-15(22)17-13(20)10-18-5-7-19(8-6-18)14(21)12-4-3-9-23-12/h3-4,9,11H,5-8,10H2,1-2H3,(H2,16,17,20,22)/p+1. The average molecular weight is 323 g/mol. The Hall–Kier alpha value is -2.35. The molecule has 1 aromatic heterocycles. The van der Waals surface area contributed by atoms with E-state index in [1.165, 1.54) is 6.26 Å². The highest BCUT2D eigenvalue weighted by Crippen LogP contribution is 2.05. The molecule has 4 amide bonds. The van der Waals surface area contributed by atoms with Crippen LogP contribution in [0, 0.1) is 0 Å². The van der Waals surface area contributed by atoms with E-state index in [0.29, 0.717) is 31.9 Å². The SMILES string of the molecule is CC(C)NC(=O)NC(=O)C[NH+]1CCN(C(=O)c2ccco2)CC1. The van der Waals surface area contributed by atoms with Crippen molar-refractivity contribution in [3.05, 3.63) is 24.2 Å². The van der Waals surface area contributed by atoms with E-state index in [-0.39, 0.29) is 24.4 Å². The molecular formula is C15H23N4O4+. The monoisotopic (exact) mass is 323 g/mol. The summed E-state index contributed by atoms with van der Waals surface area (Å²) in [6.45, 7) is 6.29. The quantitative estimate of drug-likeness (QED) is 0.652. The first-order valence-corrected chi connectivity index (χ1v) is 7.72. The number of amides is 4. The van der Waals surface area contributed by atoms with E-state index in [4.69, 9.17) is 4.42 Å². The Morgan fingerprint density at radius 3 is 2.57 bits per heavy atom. The molecular weight excluding hydrogens is 300 g/mol. The molecule has 1 aromatic rings. The first-order valence-electron chi connectivity index (χ1n) is 7.72. The summed E-state index contributed by atoms with van der Waals surface area (Å²) in [5.41, 5.74) is 0. The number of imide groups is 1. The van der Waals surface area contributed by atoms with Crippen molar-refractivity contribution in [2.24, 2.45) is 0 Å². The zero-order valence-corrected chi connectivity index (χ0v) is 13.4. The van der Waals surface area contributed by atoms with Crippen LogP contribution >= 0.6 is 0 Å². The van der Waals surface area contributed by atoms with Gasteiger partial charge in [0.15, 0.2) is 12.3 Å². The number of nitrogens with zero attached hydrogens (tertiary/aromatic N) is 1. The minimum Gasteiger partial charge on any atom is -0.459 e. The van der Waals surface area contributed by atoms with Gasteiger partial charge in [-0.2, -0.15) is 0 Å². The second-order valence-corrected chi connectivity index (χ2v) is 5.87. The summed E-state index contributed by atoms with van der Waals surface area (Å²) in [7, 11) is 0. The smallest absolute Gasteiger partial charge is 0.321 e. The zero-order valence-electron chi connectivity index (χ0n) is 13.4. The molecule has 23 heavy (non-hydrogen) atoms. The average Bonchev–Trinajstić information content (AvgIpc) is 3.00. The van der Waals surface area contributed by atoms with Crippen LogP contribution in [0.25, 0.3) is 0 Å². The Morgan fingerprint density at radius 1 is 1.30 bits per heavy atom. The van der Waals surface area contributed by atoms with Crippen molar-refractivity contribution in [2.45, 2.75) is 19.9 Å². The van der Waals surface area contributed by atoms with Gasteiger partial charge in [0.2, 0.25) is 0 Å². The van der Waals surface area contributed by atoms with Crippen molar-refractivity contribution in [1.82, 2.24) is 15.5 Å². The molecule has 3 N–H and O–H groups in total. The molecule has 8 nitrogen and oxygen atoms in total. The Balaban J connectivity index is 1.73. The third-order valence-corrected chi connectivity index (χ3v) is 3.57. The van der Waals surface area contributed by atoms with Gasteiger partial charge in [-0.3, -0.25) is 14.9 Å². The predicted molar refractivity (Wildman–Crippen MR) is 82.0 cm³/mol. The summed E-state index contributed by atoms with van der Waals surface area (Å²) in [6, 6.07) is 2.83. The molecule has 0 saturated carbocycles. The molecule has 0 atom stereocenters. The van der Waals surface area contributed by atoms with Gasteiger partial charge in [-0.05, 0) is 26.0 Å². The highest BCUT2D eigenvalue weighted by atomic mass is 16.3. The van der Waals surface area contributed by atoms with E-state index in [1.54, 1.807) is 17.0 Å². The Bertz CT molecular complexity index is 548. The molecule has 0 bridgehead atoms. The van der Waals surface area contributed by atoms with Crippen molar-refractivity contribution in [3.63, 3.8) is 0 Å². The van der Waals surface area contributed by atoms with Crippen LogP contribution in [0.2, 0.25) is 0 Å². The van der Waals surface area contributed by atoms with E-state index in [2.05, 4.69) is 10.6 Å². The molecule has 0 unspecified atom stereocenters. The first kappa shape index (κ1) is 17.0. The molecule has 0 spiro atoms. The third kappa shape index (κ3) is 5.10. The number of piperazine rings is 1. The number of hydrogen-bond donors (Lipinski definition) is 3. The molecule has 1 fully saturated rings. The molecule has 126 valence electrons. The summed E-state index contributed by atoms with van der Waals surface area (Å²) in [5, 5.41) is 4.91. The Morgan fingerprint density at radius 2 is 2.00 bits per heavy atom. The molecule has 1 saturated heterocycles. The van der Waals surface area contributed by atoms with Crippen LogP contribution in [0.3, 0.4) is 0 Å². The van der Waals surface area contributed by atoms with Crippen molar-refractivity contribution < 1.29 is 23.7 Å². The number of rotatable bonds is 4. The van der Waals surface area contributed by atoms with Gasteiger partial charge in [-0.15, -0.1) is 0 Å². The Kier molecular flexibility index (Phi) is 5.75. The lowest BCUT2D eigenvalue weighted by Gasteiger charge is -2.31. The van der Waals surface area contributed by atoms with Crippen molar-refractivity contribution in [2.75, 3.05) is 32.7 Å². The molecule has 2 rings (SSSR count). The number of quaternary nitrogens is 1. The van der Waals surface area contributed by atoms with E-state index in [1.807, 2.05) is 13.8 Å². The van der Waals surface area contributed by atoms with Crippen LogP contribution in [0.1, 0.15) is 24.4 Å². The fourth-order valence-corrected chi connectivity index (χ4v) is 2.46. The number of nitrogens with one attached hydrogen (secondary N) is 3. The van der Waals surface area contributed by atoms with Crippen LogP contribution in [-0.2, 0) is 4.79 Å². The van der Waals surface area contributed by atoms with Crippen LogP contribution in [0.4, 0.5) is 4.79 Å². The molecule has 1 aliphatic heterocycles. The van der Waals surface area contributed by atoms with E-state index in [9.17, 15) is 14.4 Å². The zero-order chi connectivity index (χ0) is 16.8. The van der Waals surface area contributed by atoms with Gasteiger partial charge in [0.25, 0.3) is 11.8 Å². The molecule has 8 heteroatoms. The van der Waals surface area contributed by atoms with Crippen LogP contribution in [0.5, 0.6) is 0 Å². The van der Waals surface area contributed by atoms with Crippen LogP contribution in [0.15, 0.2) is 22.8 Å². The summed E-state index contributed by atoms with van der Waals surface area (Å²) in [5.74, 6) is -0.115. The molecule has 0 aromatic carbocycles. The maximum absolute atomic E-state index is 12.1. The van der Waals surface area contributed by atoms with Crippen LogP contribution in [-0.4, -0.2) is 61.5 Å². The second-order valence-electron chi connectivity index (χ2n) is 5.87. The molecule has 2 heterocycles. The summed E-state index contributed by atoms with van der Waals surface area (Å²) in [4.78, 5) is 38.2. The Labute approximate surface area is 134 Å². The summed E-state index contributed by atoms with van der Waals surface area (Å²) < 4.78 is 5.11. The third-order valence-electron chi connectivity index (χ3n) is 3.57. The van der Waals surface area contributed by atoms with Gasteiger partial charge in [0.1, 0.15) is 0 Å². The molecule has 0 radical (unpaired) electrons. The van der Waals surface area contributed by atoms with E-state index >= 15 is 0 Å². The summed E-state index contributed by atoms with van der Waals surface area (Å²) >= 11 is 0. The van der Waals surface area contributed by atoms with Gasteiger partial charge in [-0.1, -0.05) is 0 Å². The van der Waals surface area contributed by atoms with Gasteiger partial charge in [0.05, 0.1) is 32.4 Å². The largest absolute Gasteiger partial charge is 0.459 e. The van der Waals surface area contributed by atoms with Gasteiger partial charge < -0.3 is 19.5 Å². The lowest BCUT2D eigenvalue weighted by molar-refractivity contribution is -0.895. The van der Waals surface area contributed by atoms with Crippen LogP contribution < -0.4 is 15.5 Å². The normalized spacial score (nSPS) is 15.5.